The first-order chi connectivity index (χ1) is 16.2. The third-order valence-electron chi connectivity index (χ3n) is 5.37. The summed E-state index contributed by atoms with van der Waals surface area (Å²) in [7, 11) is 5.05. The van der Waals surface area contributed by atoms with Gasteiger partial charge in [-0.25, -0.2) is 4.98 Å². The lowest BCUT2D eigenvalue weighted by Gasteiger charge is -2.09. The van der Waals surface area contributed by atoms with Crippen LogP contribution in [0.1, 0.15) is 22.4 Å². The van der Waals surface area contributed by atoms with Gasteiger partial charge in [-0.1, -0.05) is 48.2 Å². The van der Waals surface area contributed by atoms with Crippen molar-refractivity contribution >= 4 is 11.8 Å². The van der Waals surface area contributed by atoms with Crippen LogP contribution in [0.4, 0.5) is 0 Å². The van der Waals surface area contributed by atoms with Crippen molar-refractivity contribution < 1.29 is 14.2 Å². The van der Waals surface area contributed by atoms with Crippen LogP contribution >= 0.6 is 11.8 Å². The zero-order chi connectivity index (χ0) is 23.0. The Kier molecular flexibility index (Phi) is 7.58. The number of thioether (sulfide) groups is 1. The number of ether oxygens (including phenoxy) is 3. The van der Waals surface area contributed by atoms with Crippen molar-refractivity contribution in [2.75, 3.05) is 21.3 Å². The van der Waals surface area contributed by atoms with Crippen LogP contribution in [0.15, 0.2) is 84.1 Å². The number of hydrogen-bond acceptors (Lipinski definition) is 5. The molecule has 4 rings (SSSR count). The van der Waals surface area contributed by atoms with Gasteiger partial charge in [-0.05, 0) is 53.1 Å². The van der Waals surface area contributed by atoms with Gasteiger partial charge in [-0.3, -0.25) is 0 Å². The van der Waals surface area contributed by atoms with Crippen LogP contribution < -0.4 is 14.2 Å². The van der Waals surface area contributed by atoms with Crippen LogP contribution in [0, 0.1) is 0 Å². The van der Waals surface area contributed by atoms with Gasteiger partial charge in [0.15, 0.2) is 5.16 Å². The number of aromatic nitrogens is 2. The maximum absolute atomic E-state index is 5.29. The standard InChI is InChI=1S/C27H28N2O3S/c1-30-24-10-4-20(5-11-24)16-23-18-29(17-21-6-12-25(31-2)13-7-21)27(28-23)33-19-22-8-14-26(32-3)15-9-22/h4-15,18H,16-17,19H2,1-3H3. The van der Waals surface area contributed by atoms with Crippen LogP contribution in [0.3, 0.4) is 0 Å². The lowest BCUT2D eigenvalue weighted by Crippen LogP contribution is -2.00. The van der Waals surface area contributed by atoms with E-state index in [9.17, 15) is 0 Å². The number of imidazole rings is 1. The molecule has 170 valence electrons. The van der Waals surface area contributed by atoms with Crippen LogP contribution in [-0.4, -0.2) is 30.9 Å². The van der Waals surface area contributed by atoms with Gasteiger partial charge in [0.1, 0.15) is 17.2 Å². The van der Waals surface area contributed by atoms with E-state index in [1.165, 1.54) is 16.7 Å². The van der Waals surface area contributed by atoms with E-state index in [4.69, 9.17) is 19.2 Å². The molecule has 0 amide bonds. The number of rotatable bonds is 10. The summed E-state index contributed by atoms with van der Waals surface area (Å²) in [5, 5.41) is 1.00. The summed E-state index contributed by atoms with van der Waals surface area (Å²) >= 11 is 1.74. The average molecular weight is 461 g/mol. The molecule has 5 nitrogen and oxygen atoms in total. The number of methoxy groups -OCH3 is 3. The highest BCUT2D eigenvalue weighted by atomic mass is 32.2. The third kappa shape index (κ3) is 6.11. The molecule has 0 saturated carbocycles. The van der Waals surface area contributed by atoms with E-state index < -0.39 is 0 Å². The molecule has 0 bridgehead atoms. The van der Waals surface area contributed by atoms with E-state index in [0.717, 1.165) is 46.8 Å². The zero-order valence-electron chi connectivity index (χ0n) is 19.2. The summed E-state index contributed by atoms with van der Waals surface area (Å²) in [6.07, 6.45) is 2.93. The summed E-state index contributed by atoms with van der Waals surface area (Å²) in [6.45, 7) is 0.755. The summed E-state index contributed by atoms with van der Waals surface area (Å²) in [6, 6.07) is 24.5. The molecule has 0 aliphatic heterocycles. The lowest BCUT2D eigenvalue weighted by atomic mass is 10.1. The van der Waals surface area contributed by atoms with Gasteiger partial charge in [0.25, 0.3) is 0 Å². The molecule has 0 aliphatic rings. The Morgan fingerprint density at radius 3 is 1.67 bits per heavy atom. The predicted molar refractivity (Wildman–Crippen MR) is 133 cm³/mol. The zero-order valence-corrected chi connectivity index (χ0v) is 20.0. The van der Waals surface area contributed by atoms with Crippen molar-refractivity contribution in [1.82, 2.24) is 9.55 Å². The van der Waals surface area contributed by atoms with Crippen LogP contribution in [-0.2, 0) is 18.7 Å². The molecule has 0 fully saturated rings. The fourth-order valence-electron chi connectivity index (χ4n) is 3.51. The van der Waals surface area contributed by atoms with Gasteiger partial charge >= 0.3 is 0 Å². The van der Waals surface area contributed by atoms with E-state index in [1.807, 2.05) is 36.4 Å². The molecular formula is C27H28N2O3S. The quantitative estimate of drug-likeness (QED) is 0.278. The molecule has 0 aliphatic carbocycles. The Hall–Kier alpha value is -3.38. The first kappa shape index (κ1) is 22.8. The van der Waals surface area contributed by atoms with Crippen molar-refractivity contribution in [3.05, 3.63) is 101 Å². The van der Waals surface area contributed by atoms with Gasteiger partial charge in [0.05, 0.1) is 27.0 Å². The van der Waals surface area contributed by atoms with Gasteiger partial charge < -0.3 is 18.8 Å². The predicted octanol–water partition coefficient (Wildman–Crippen LogP) is 5.84. The number of hydrogen-bond donors (Lipinski definition) is 0. The Bertz CT molecular complexity index is 1150. The normalized spacial score (nSPS) is 10.8. The Labute approximate surface area is 199 Å². The molecule has 1 heterocycles. The molecule has 1 aromatic heterocycles. The van der Waals surface area contributed by atoms with Gasteiger partial charge in [-0.15, -0.1) is 0 Å². The summed E-state index contributed by atoms with van der Waals surface area (Å²) < 4.78 is 18.1. The van der Waals surface area contributed by atoms with Crippen LogP contribution in [0.5, 0.6) is 17.2 Å². The Morgan fingerprint density at radius 1 is 0.667 bits per heavy atom. The van der Waals surface area contributed by atoms with Crippen LogP contribution in [0.25, 0.3) is 0 Å². The van der Waals surface area contributed by atoms with Gasteiger partial charge in [-0.2, -0.15) is 0 Å². The van der Waals surface area contributed by atoms with Gasteiger partial charge in [0.2, 0.25) is 0 Å². The van der Waals surface area contributed by atoms with Crippen molar-refractivity contribution in [2.24, 2.45) is 0 Å². The van der Waals surface area contributed by atoms with E-state index in [2.05, 4.69) is 47.2 Å². The number of nitrogens with zero attached hydrogens (tertiary/aromatic N) is 2. The fourth-order valence-corrected chi connectivity index (χ4v) is 4.47. The topological polar surface area (TPSA) is 45.5 Å². The number of benzene rings is 3. The van der Waals surface area contributed by atoms with Crippen molar-refractivity contribution in [3.63, 3.8) is 0 Å². The SMILES string of the molecule is COc1ccc(CSc2nc(Cc3ccc(OC)cc3)cn2Cc2ccc(OC)cc2)cc1. The minimum Gasteiger partial charge on any atom is -0.497 e. The second-order valence-electron chi connectivity index (χ2n) is 7.65. The van der Waals surface area contributed by atoms with Gasteiger partial charge in [0, 0.05) is 24.9 Å². The van der Waals surface area contributed by atoms with E-state index in [0.29, 0.717) is 0 Å². The lowest BCUT2D eigenvalue weighted by molar-refractivity contribution is 0.414. The monoisotopic (exact) mass is 460 g/mol. The largest absolute Gasteiger partial charge is 0.497 e. The summed E-state index contributed by atoms with van der Waals surface area (Å²) in [5.74, 6) is 3.43. The highest BCUT2D eigenvalue weighted by Gasteiger charge is 2.11. The minimum absolute atomic E-state index is 0.755. The average Bonchev–Trinajstić information content (AvgIpc) is 3.24. The molecule has 0 atom stereocenters. The maximum Gasteiger partial charge on any atom is 0.168 e. The van der Waals surface area contributed by atoms with E-state index >= 15 is 0 Å². The molecule has 0 radical (unpaired) electrons. The molecule has 3 aromatic carbocycles. The Morgan fingerprint density at radius 2 is 1.15 bits per heavy atom. The molecule has 0 N–H and O–H groups in total. The molecule has 0 saturated heterocycles. The second-order valence-corrected chi connectivity index (χ2v) is 8.59. The summed E-state index contributed by atoms with van der Waals surface area (Å²) in [4.78, 5) is 4.97. The van der Waals surface area contributed by atoms with Crippen molar-refractivity contribution in [3.8, 4) is 17.2 Å². The highest BCUT2D eigenvalue weighted by molar-refractivity contribution is 7.98. The second kappa shape index (κ2) is 11.0. The minimum atomic E-state index is 0.755. The van der Waals surface area contributed by atoms with Crippen molar-refractivity contribution in [2.45, 2.75) is 23.9 Å². The van der Waals surface area contributed by atoms with E-state index in [-0.39, 0.29) is 0 Å². The van der Waals surface area contributed by atoms with Crippen LogP contribution in [0.2, 0.25) is 0 Å². The molecule has 33 heavy (non-hydrogen) atoms. The molecule has 6 heteroatoms. The first-order valence-electron chi connectivity index (χ1n) is 10.7. The summed E-state index contributed by atoms with van der Waals surface area (Å²) in [5.41, 5.74) is 4.69. The first-order valence-corrected chi connectivity index (χ1v) is 11.7. The smallest absolute Gasteiger partial charge is 0.168 e. The fraction of sp³-hybridized carbons (Fsp3) is 0.222. The maximum atomic E-state index is 5.29. The van der Waals surface area contributed by atoms with Crippen molar-refractivity contribution in [1.29, 1.82) is 0 Å². The highest BCUT2D eigenvalue weighted by Crippen LogP contribution is 2.26. The molecule has 0 spiro atoms. The third-order valence-corrected chi connectivity index (χ3v) is 6.43. The Balaban J connectivity index is 1.53. The van der Waals surface area contributed by atoms with E-state index in [1.54, 1.807) is 33.1 Å². The molecule has 0 unspecified atom stereocenters. The molecular weight excluding hydrogens is 432 g/mol. The molecule has 4 aromatic rings.